The lowest BCUT2D eigenvalue weighted by atomic mass is 9.65. The molecule has 2 atom stereocenters. The van der Waals surface area contributed by atoms with Crippen molar-refractivity contribution in [1.82, 2.24) is 14.8 Å². The van der Waals surface area contributed by atoms with Crippen LogP contribution in [0.1, 0.15) is 32.1 Å². The summed E-state index contributed by atoms with van der Waals surface area (Å²) in [5.74, 6) is 1.93. The second-order valence-electron chi connectivity index (χ2n) is 7.04. The number of hydrogen-bond donors (Lipinski definition) is 2. The summed E-state index contributed by atoms with van der Waals surface area (Å²) in [4.78, 5) is 17.0. The molecule has 1 amide bonds. The Kier molecular flexibility index (Phi) is 7.03. The lowest BCUT2D eigenvalue weighted by Gasteiger charge is -2.43. The number of halogens is 2. The van der Waals surface area contributed by atoms with Crippen LogP contribution >= 0.6 is 24.8 Å². The van der Waals surface area contributed by atoms with Gasteiger partial charge in [-0.1, -0.05) is 6.42 Å². The maximum absolute atomic E-state index is 12.6. The first kappa shape index (κ1) is 20.7. The van der Waals surface area contributed by atoms with Crippen molar-refractivity contribution in [2.45, 2.75) is 38.1 Å². The van der Waals surface area contributed by atoms with Crippen molar-refractivity contribution in [3.05, 3.63) is 36.8 Å². The summed E-state index contributed by atoms with van der Waals surface area (Å²) in [6.45, 7) is 0. The van der Waals surface area contributed by atoms with Crippen LogP contribution in [0.4, 0.5) is 5.69 Å². The Balaban J connectivity index is 0.00000121. The monoisotopic (exact) mass is 397 g/mol. The van der Waals surface area contributed by atoms with E-state index in [9.17, 15) is 4.79 Å². The first-order valence-electron chi connectivity index (χ1n) is 8.73. The summed E-state index contributed by atoms with van der Waals surface area (Å²) in [7, 11) is 0. The summed E-state index contributed by atoms with van der Waals surface area (Å²) in [6.07, 6.45) is 10.7. The van der Waals surface area contributed by atoms with Crippen LogP contribution in [0.3, 0.4) is 0 Å². The zero-order chi connectivity index (χ0) is 16.5. The standard InChI is InChI=1S/C18H23N5O.2ClH/c19-17-12-3-1-4-13(17)10-14(9-12)18(24)22-15-5-6-16(20-11-15)23-8-2-7-21-23;;/h2,5-8,11-14,17H,1,3-4,9-10,19H2,(H,22,24);2*1H. The lowest BCUT2D eigenvalue weighted by Crippen LogP contribution is -2.48. The lowest BCUT2D eigenvalue weighted by molar-refractivity contribution is -0.122. The van der Waals surface area contributed by atoms with E-state index in [4.69, 9.17) is 5.73 Å². The largest absolute Gasteiger partial charge is 0.327 e. The van der Waals surface area contributed by atoms with Crippen LogP contribution in [0.25, 0.3) is 5.82 Å². The van der Waals surface area contributed by atoms with Crippen LogP contribution in [-0.2, 0) is 4.79 Å². The van der Waals surface area contributed by atoms with Gasteiger partial charge in [-0.3, -0.25) is 4.79 Å². The van der Waals surface area contributed by atoms with Gasteiger partial charge < -0.3 is 11.1 Å². The molecule has 0 aliphatic heterocycles. The molecule has 2 heterocycles. The Hall–Kier alpha value is -1.63. The maximum atomic E-state index is 12.6. The number of pyridine rings is 1. The highest BCUT2D eigenvalue weighted by molar-refractivity contribution is 5.92. The topological polar surface area (TPSA) is 85.8 Å². The molecule has 0 radical (unpaired) electrons. The molecule has 2 aliphatic carbocycles. The van der Waals surface area contributed by atoms with E-state index in [0.29, 0.717) is 11.8 Å². The van der Waals surface area contributed by atoms with Gasteiger partial charge in [-0.25, -0.2) is 9.67 Å². The number of fused-ring (bicyclic) bond motifs is 2. The molecule has 26 heavy (non-hydrogen) atoms. The minimum Gasteiger partial charge on any atom is -0.327 e. The second-order valence-corrected chi connectivity index (χ2v) is 7.04. The number of rotatable bonds is 3. The van der Waals surface area contributed by atoms with E-state index < -0.39 is 0 Å². The van der Waals surface area contributed by atoms with Crippen LogP contribution in [0.2, 0.25) is 0 Å². The predicted molar refractivity (Wildman–Crippen MR) is 106 cm³/mol. The Bertz CT molecular complexity index is 693. The van der Waals surface area contributed by atoms with Crippen LogP contribution < -0.4 is 11.1 Å². The van der Waals surface area contributed by atoms with Gasteiger partial charge in [0.05, 0.1) is 11.9 Å². The Labute approximate surface area is 165 Å². The normalized spacial score (nSPS) is 27.0. The fourth-order valence-electron chi connectivity index (χ4n) is 4.25. The molecule has 4 rings (SSSR count). The van der Waals surface area contributed by atoms with Gasteiger partial charge in [-0.05, 0) is 55.7 Å². The van der Waals surface area contributed by atoms with Gasteiger partial charge in [0, 0.05) is 24.4 Å². The average Bonchev–Trinajstić information content (AvgIpc) is 3.09. The zero-order valence-electron chi connectivity index (χ0n) is 14.5. The molecule has 142 valence electrons. The zero-order valence-corrected chi connectivity index (χ0v) is 16.1. The van der Waals surface area contributed by atoms with Crippen LogP contribution in [0, 0.1) is 17.8 Å². The first-order chi connectivity index (χ1) is 11.7. The third-order valence-corrected chi connectivity index (χ3v) is 5.54. The molecule has 2 aromatic rings. The summed E-state index contributed by atoms with van der Waals surface area (Å²) in [5, 5.41) is 7.16. The van der Waals surface area contributed by atoms with E-state index in [1.165, 1.54) is 19.3 Å². The van der Waals surface area contributed by atoms with E-state index in [2.05, 4.69) is 15.4 Å². The number of nitrogens with zero attached hydrogens (tertiary/aromatic N) is 3. The number of carbonyl (C=O) groups is 1. The number of carbonyl (C=O) groups excluding carboxylic acids is 1. The van der Waals surface area contributed by atoms with E-state index >= 15 is 0 Å². The molecule has 8 heteroatoms. The molecule has 2 aromatic heterocycles. The van der Waals surface area contributed by atoms with E-state index in [1.54, 1.807) is 17.1 Å². The molecule has 3 N–H and O–H groups in total. The fraction of sp³-hybridized carbons (Fsp3) is 0.500. The van der Waals surface area contributed by atoms with Gasteiger partial charge in [0.15, 0.2) is 5.82 Å². The van der Waals surface area contributed by atoms with Gasteiger partial charge in [0.2, 0.25) is 5.91 Å². The van der Waals surface area contributed by atoms with E-state index in [-0.39, 0.29) is 42.7 Å². The van der Waals surface area contributed by atoms with E-state index in [1.807, 2.05) is 24.4 Å². The maximum Gasteiger partial charge on any atom is 0.227 e. The number of nitrogens with two attached hydrogens (primary N) is 1. The summed E-state index contributed by atoms with van der Waals surface area (Å²) >= 11 is 0. The third-order valence-electron chi connectivity index (χ3n) is 5.54. The summed E-state index contributed by atoms with van der Waals surface area (Å²) in [5.41, 5.74) is 7.04. The molecule has 0 spiro atoms. The smallest absolute Gasteiger partial charge is 0.227 e. The molecule has 2 saturated carbocycles. The number of aromatic nitrogens is 3. The van der Waals surface area contributed by atoms with Crippen molar-refractivity contribution in [3.63, 3.8) is 0 Å². The van der Waals surface area contributed by atoms with Crippen molar-refractivity contribution in [2.75, 3.05) is 5.32 Å². The fourth-order valence-corrected chi connectivity index (χ4v) is 4.25. The van der Waals surface area contributed by atoms with Crippen molar-refractivity contribution >= 4 is 36.4 Å². The number of anilines is 1. The van der Waals surface area contributed by atoms with Crippen molar-refractivity contribution in [3.8, 4) is 5.82 Å². The molecule has 2 aliphatic rings. The van der Waals surface area contributed by atoms with Crippen LogP contribution in [0.15, 0.2) is 36.8 Å². The quantitative estimate of drug-likeness (QED) is 0.832. The number of hydrogen-bond acceptors (Lipinski definition) is 4. The highest BCUT2D eigenvalue weighted by Gasteiger charge is 2.40. The summed E-state index contributed by atoms with van der Waals surface area (Å²) in [6, 6.07) is 5.87. The highest BCUT2D eigenvalue weighted by atomic mass is 35.5. The number of amides is 1. The van der Waals surface area contributed by atoms with Gasteiger partial charge in [-0.15, -0.1) is 24.8 Å². The Morgan fingerprint density at radius 3 is 2.50 bits per heavy atom. The van der Waals surface area contributed by atoms with Gasteiger partial charge in [-0.2, -0.15) is 5.10 Å². The van der Waals surface area contributed by atoms with Gasteiger partial charge >= 0.3 is 0 Å². The van der Waals surface area contributed by atoms with Gasteiger partial charge in [0.1, 0.15) is 0 Å². The molecule has 2 unspecified atom stereocenters. The van der Waals surface area contributed by atoms with Gasteiger partial charge in [0.25, 0.3) is 0 Å². The van der Waals surface area contributed by atoms with Crippen molar-refractivity contribution in [1.29, 1.82) is 0 Å². The Morgan fingerprint density at radius 1 is 1.19 bits per heavy atom. The van der Waals surface area contributed by atoms with Crippen LogP contribution in [0.5, 0.6) is 0 Å². The number of nitrogens with one attached hydrogen (secondary N) is 1. The molecule has 0 aromatic carbocycles. The van der Waals surface area contributed by atoms with Crippen LogP contribution in [-0.4, -0.2) is 26.7 Å². The third kappa shape index (κ3) is 4.19. The van der Waals surface area contributed by atoms with Crippen molar-refractivity contribution in [2.24, 2.45) is 23.5 Å². The first-order valence-corrected chi connectivity index (χ1v) is 8.73. The SMILES string of the molecule is Cl.Cl.NC1C2CCCC1CC(C(=O)Nc1ccc(-n3cccn3)nc1)C2. The van der Waals surface area contributed by atoms with E-state index in [0.717, 1.165) is 24.3 Å². The average molecular weight is 398 g/mol. The molecule has 2 fully saturated rings. The molecular formula is C18H25Cl2N5O. The van der Waals surface area contributed by atoms with Crippen molar-refractivity contribution < 1.29 is 4.79 Å². The molecular weight excluding hydrogens is 373 g/mol. The second kappa shape index (κ2) is 8.84. The molecule has 0 saturated heterocycles. The predicted octanol–water partition coefficient (Wildman–Crippen LogP) is 3.20. The summed E-state index contributed by atoms with van der Waals surface area (Å²) < 4.78 is 1.69. The molecule has 6 nitrogen and oxygen atoms in total. The Morgan fingerprint density at radius 2 is 1.92 bits per heavy atom. The minimum absolute atomic E-state index is 0. The minimum atomic E-state index is 0. The molecule has 2 bridgehead atoms. The highest BCUT2D eigenvalue weighted by Crippen LogP contribution is 2.42.